The standard InChI is InChI=1S/C16H16N2O5S2/c1-23-16(20)13-7-8-24-15(13)17-14(19)10-3-2-4-12(9-10)25(21,22)18-11-5-6-11/h2-4,7-9,11,18H,5-6H2,1H3,(H,17,19). The number of thiophene rings is 1. The number of nitrogens with one attached hydrogen (secondary N) is 2. The molecule has 1 aromatic heterocycles. The van der Waals surface area contributed by atoms with Crippen molar-refractivity contribution < 1.29 is 22.7 Å². The van der Waals surface area contributed by atoms with Crippen LogP contribution < -0.4 is 10.0 Å². The Balaban J connectivity index is 1.80. The third-order valence-electron chi connectivity index (χ3n) is 3.60. The van der Waals surface area contributed by atoms with Gasteiger partial charge >= 0.3 is 5.97 Å². The molecule has 0 radical (unpaired) electrons. The second-order valence-corrected chi connectivity index (χ2v) is 8.16. The SMILES string of the molecule is COC(=O)c1ccsc1NC(=O)c1cccc(S(=O)(=O)NC2CC2)c1. The number of hydrogen-bond acceptors (Lipinski definition) is 6. The maximum Gasteiger partial charge on any atom is 0.340 e. The van der Waals surface area contributed by atoms with E-state index in [1.807, 2.05) is 0 Å². The van der Waals surface area contributed by atoms with Crippen LogP contribution in [-0.2, 0) is 14.8 Å². The molecule has 1 aliphatic carbocycles. The number of amides is 1. The van der Waals surface area contributed by atoms with Gasteiger partial charge in [-0.1, -0.05) is 6.07 Å². The molecule has 0 bridgehead atoms. The van der Waals surface area contributed by atoms with Crippen LogP contribution in [0.2, 0.25) is 0 Å². The second kappa shape index (κ2) is 6.95. The average molecular weight is 380 g/mol. The van der Waals surface area contributed by atoms with Gasteiger partial charge in [0.25, 0.3) is 5.91 Å². The van der Waals surface area contributed by atoms with Crippen LogP contribution in [0.5, 0.6) is 0 Å². The third kappa shape index (κ3) is 4.06. The molecule has 0 saturated heterocycles. The molecule has 2 aromatic rings. The van der Waals surface area contributed by atoms with Crippen molar-refractivity contribution in [3.8, 4) is 0 Å². The van der Waals surface area contributed by atoms with Gasteiger partial charge in [0.05, 0.1) is 17.6 Å². The molecule has 0 aliphatic heterocycles. The number of carbonyl (C=O) groups excluding carboxylic acids is 2. The summed E-state index contributed by atoms with van der Waals surface area (Å²) in [6.45, 7) is 0. The highest BCUT2D eigenvalue weighted by Crippen LogP contribution is 2.25. The molecule has 9 heteroatoms. The lowest BCUT2D eigenvalue weighted by Gasteiger charge is -2.08. The van der Waals surface area contributed by atoms with Crippen molar-refractivity contribution in [3.63, 3.8) is 0 Å². The highest BCUT2D eigenvalue weighted by molar-refractivity contribution is 7.89. The maximum atomic E-state index is 12.4. The van der Waals surface area contributed by atoms with E-state index in [-0.39, 0.29) is 22.1 Å². The molecule has 3 rings (SSSR count). The van der Waals surface area contributed by atoms with Crippen molar-refractivity contribution in [3.05, 3.63) is 46.8 Å². The van der Waals surface area contributed by atoms with E-state index in [9.17, 15) is 18.0 Å². The number of rotatable bonds is 6. The van der Waals surface area contributed by atoms with Crippen LogP contribution in [0.25, 0.3) is 0 Å². The van der Waals surface area contributed by atoms with Crippen molar-refractivity contribution in [2.75, 3.05) is 12.4 Å². The molecular weight excluding hydrogens is 364 g/mol. The van der Waals surface area contributed by atoms with E-state index in [0.717, 1.165) is 12.8 Å². The van der Waals surface area contributed by atoms with E-state index in [0.29, 0.717) is 5.00 Å². The zero-order valence-electron chi connectivity index (χ0n) is 13.3. The Bertz CT molecular complexity index is 916. The molecule has 2 N–H and O–H groups in total. The van der Waals surface area contributed by atoms with Crippen molar-refractivity contribution in [1.29, 1.82) is 0 Å². The fraction of sp³-hybridized carbons (Fsp3) is 0.250. The van der Waals surface area contributed by atoms with Gasteiger partial charge in [-0.05, 0) is 42.5 Å². The summed E-state index contributed by atoms with van der Waals surface area (Å²) >= 11 is 1.18. The molecule has 7 nitrogen and oxygen atoms in total. The van der Waals surface area contributed by atoms with Gasteiger partial charge in [-0.3, -0.25) is 4.79 Å². The Morgan fingerprint density at radius 2 is 2.00 bits per heavy atom. The number of hydrogen-bond donors (Lipinski definition) is 2. The quantitative estimate of drug-likeness (QED) is 0.749. The van der Waals surface area contributed by atoms with Gasteiger partial charge in [0.2, 0.25) is 10.0 Å². The number of sulfonamides is 1. The lowest BCUT2D eigenvalue weighted by molar-refractivity contribution is 0.0602. The Morgan fingerprint density at radius 3 is 2.68 bits per heavy atom. The number of esters is 1. The molecule has 1 fully saturated rings. The summed E-state index contributed by atoms with van der Waals surface area (Å²) in [5.74, 6) is -1.06. The van der Waals surface area contributed by atoms with E-state index in [1.54, 1.807) is 11.4 Å². The van der Waals surface area contributed by atoms with Gasteiger partial charge in [-0.15, -0.1) is 11.3 Å². The molecule has 1 aromatic carbocycles. The minimum Gasteiger partial charge on any atom is -0.465 e. The molecular formula is C16H16N2O5S2. The summed E-state index contributed by atoms with van der Waals surface area (Å²) in [5, 5.41) is 4.62. The van der Waals surface area contributed by atoms with Crippen molar-refractivity contribution in [2.24, 2.45) is 0 Å². The Labute approximate surface area is 149 Å². The molecule has 1 aliphatic rings. The van der Waals surface area contributed by atoms with Gasteiger partial charge in [-0.2, -0.15) is 0 Å². The fourth-order valence-corrected chi connectivity index (χ4v) is 4.27. The van der Waals surface area contributed by atoms with Gasteiger partial charge < -0.3 is 10.1 Å². The van der Waals surface area contributed by atoms with Crippen molar-refractivity contribution in [2.45, 2.75) is 23.8 Å². The van der Waals surface area contributed by atoms with Gasteiger partial charge in [0.1, 0.15) is 5.00 Å². The minimum absolute atomic E-state index is 0.0174. The molecule has 1 amide bonds. The fourth-order valence-electron chi connectivity index (χ4n) is 2.15. The van der Waals surface area contributed by atoms with E-state index in [1.165, 1.54) is 42.7 Å². The molecule has 25 heavy (non-hydrogen) atoms. The van der Waals surface area contributed by atoms with Crippen LogP contribution in [0.4, 0.5) is 5.00 Å². The number of ether oxygens (including phenoxy) is 1. The first kappa shape index (κ1) is 17.6. The topological polar surface area (TPSA) is 102 Å². The second-order valence-electron chi connectivity index (χ2n) is 5.53. The largest absolute Gasteiger partial charge is 0.465 e. The van der Waals surface area contributed by atoms with Crippen LogP contribution >= 0.6 is 11.3 Å². The summed E-state index contributed by atoms with van der Waals surface area (Å²) in [6.07, 6.45) is 1.65. The summed E-state index contributed by atoms with van der Waals surface area (Å²) in [5.41, 5.74) is 0.433. The molecule has 0 spiro atoms. The summed E-state index contributed by atoms with van der Waals surface area (Å²) < 4.78 is 31.7. The number of carbonyl (C=O) groups is 2. The lowest BCUT2D eigenvalue weighted by Crippen LogP contribution is -2.26. The first-order valence-corrected chi connectivity index (χ1v) is 9.86. The Morgan fingerprint density at radius 1 is 1.24 bits per heavy atom. The summed E-state index contributed by atoms with van der Waals surface area (Å²) in [7, 11) is -2.39. The summed E-state index contributed by atoms with van der Waals surface area (Å²) in [6, 6.07) is 7.30. The van der Waals surface area contributed by atoms with Crippen LogP contribution in [0.15, 0.2) is 40.6 Å². The molecule has 0 atom stereocenters. The first-order valence-electron chi connectivity index (χ1n) is 7.50. The maximum absolute atomic E-state index is 12.4. The monoisotopic (exact) mass is 380 g/mol. The third-order valence-corrected chi connectivity index (χ3v) is 5.95. The average Bonchev–Trinajstić information content (AvgIpc) is 3.28. The van der Waals surface area contributed by atoms with E-state index in [4.69, 9.17) is 0 Å². The molecule has 1 heterocycles. The molecule has 0 unspecified atom stereocenters. The smallest absolute Gasteiger partial charge is 0.340 e. The molecule has 1 saturated carbocycles. The van der Waals surface area contributed by atoms with Crippen molar-refractivity contribution in [1.82, 2.24) is 4.72 Å². The number of benzene rings is 1. The normalized spacial score (nSPS) is 14.1. The van der Waals surface area contributed by atoms with E-state index >= 15 is 0 Å². The molecule has 132 valence electrons. The zero-order valence-corrected chi connectivity index (χ0v) is 14.9. The van der Waals surface area contributed by atoms with Crippen LogP contribution in [0.3, 0.4) is 0 Å². The van der Waals surface area contributed by atoms with Crippen LogP contribution in [0.1, 0.15) is 33.6 Å². The van der Waals surface area contributed by atoms with Gasteiger partial charge in [0.15, 0.2) is 0 Å². The Kier molecular flexibility index (Phi) is 4.89. The van der Waals surface area contributed by atoms with Crippen LogP contribution in [0, 0.1) is 0 Å². The van der Waals surface area contributed by atoms with E-state index in [2.05, 4.69) is 14.8 Å². The van der Waals surface area contributed by atoms with Crippen molar-refractivity contribution >= 4 is 38.2 Å². The number of anilines is 1. The van der Waals surface area contributed by atoms with Gasteiger partial charge in [0, 0.05) is 11.6 Å². The Hall–Kier alpha value is -2.23. The predicted octanol–water partition coefficient (Wildman–Crippen LogP) is 2.23. The van der Waals surface area contributed by atoms with Gasteiger partial charge in [-0.25, -0.2) is 17.9 Å². The lowest BCUT2D eigenvalue weighted by atomic mass is 10.2. The van der Waals surface area contributed by atoms with Crippen LogP contribution in [-0.4, -0.2) is 33.4 Å². The van der Waals surface area contributed by atoms with E-state index < -0.39 is 21.9 Å². The highest BCUT2D eigenvalue weighted by Gasteiger charge is 2.28. The number of methoxy groups -OCH3 is 1. The highest BCUT2D eigenvalue weighted by atomic mass is 32.2. The zero-order chi connectivity index (χ0) is 18.0. The predicted molar refractivity (Wildman–Crippen MR) is 93.4 cm³/mol. The first-order chi connectivity index (χ1) is 11.9. The minimum atomic E-state index is -3.64. The summed E-state index contributed by atoms with van der Waals surface area (Å²) in [4.78, 5) is 24.1.